The molecule has 6 nitrogen and oxygen atoms in total. The maximum Gasteiger partial charge on any atom is 0.408 e. The van der Waals surface area contributed by atoms with Gasteiger partial charge in [0, 0.05) is 12.3 Å². The molecule has 0 radical (unpaired) electrons. The van der Waals surface area contributed by atoms with Crippen molar-refractivity contribution in [2.24, 2.45) is 0 Å². The first kappa shape index (κ1) is 15.9. The number of nitrogens with one attached hydrogen (secondary N) is 1. The average molecular weight is 339 g/mol. The Morgan fingerprint density at radius 3 is 2.92 bits per heavy atom. The molecular formula is C15H12F3N3O3. The molecule has 2 aromatic rings. The van der Waals surface area contributed by atoms with Crippen LogP contribution in [0, 0.1) is 0 Å². The van der Waals surface area contributed by atoms with E-state index in [-0.39, 0.29) is 12.5 Å². The Morgan fingerprint density at radius 2 is 2.12 bits per heavy atom. The minimum Gasteiger partial charge on any atom is -0.454 e. The van der Waals surface area contributed by atoms with Crippen molar-refractivity contribution in [3.8, 4) is 11.5 Å². The second-order valence-corrected chi connectivity index (χ2v) is 4.98. The van der Waals surface area contributed by atoms with Crippen LogP contribution in [-0.2, 0) is 11.3 Å². The number of halogens is 3. The fourth-order valence-electron chi connectivity index (χ4n) is 2.07. The van der Waals surface area contributed by atoms with Crippen molar-refractivity contribution >= 4 is 17.7 Å². The van der Waals surface area contributed by atoms with Crippen molar-refractivity contribution in [2.45, 2.75) is 12.7 Å². The average Bonchev–Trinajstić information content (AvgIpc) is 3.12. The number of rotatable bonds is 4. The Kier molecular flexibility index (Phi) is 4.15. The Bertz CT molecular complexity index is 784. The summed E-state index contributed by atoms with van der Waals surface area (Å²) in [5, 5.41) is 5.98. The molecule has 24 heavy (non-hydrogen) atoms. The molecule has 9 heteroatoms. The highest BCUT2D eigenvalue weighted by Gasteiger charge is 2.28. The molecule has 1 aliphatic rings. The SMILES string of the molecule is O=C(/C=C/c1ccc2c(c1)OCO2)Nc1cnn(CC(F)(F)F)c1. The number of nitrogens with zero attached hydrogens (tertiary/aromatic N) is 2. The molecular weight excluding hydrogens is 327 g/mol. The first-order valence-electron chi connectivity index (χ1n) is 6.87. The van der Waals surface area contributed by atoms with Crippen LogP contribution in [0.5, 0.6) is 11.5 Å². The van der Waals surface area contributed by atoms with Gasteiger partial charge in [-0.1, -0.05) is 6.07 Å². The molecule has 1 aromatic carbocycles. The standard InChI is InChI=1S/C15H12F3N3O3/c16-15(17,18)8-21-7-11(6-19-21)20-14(22)4-2-10-1-3-12-13(5-10)24-9-23-12/h1-7H,8-9H2,(H,20,22)/b4-2+. The summed E-state index contributed by atoms with van der Waals surface area (Å²) in [4.78, 5) is 11.8. The van der Waals surface area contributed by atoms with Gasteiger partial charge in [0.2, 0.25) is 12.7 Å². The Labute approximate surface area is 134 Å². The molecule has 0 saturated carbocycles. The van der Waals surface area contributed by atoms with Crippen LogP contribution in [0.15, 0.2) is 36.7 Å². The largest absolute Gasteiger partial charge is 0.454 e. The van der Waals surface area contributed by atoms with Gasteiger partial charge in [0.05, 0.1) is 11.9 Å². The predicted octanol–water partition coefficient (Wildman–Crippen LogP) is 2.83. The highest BCUT2D eigenvalue weighted by Crippen LogP contribution is 2.32. The van der Waals surface area contributed by atoms with E-state index in [2.05, 4.69) is 10.4 Å². The first-order chi connectivity index (χ1) is 11.4. The van der Waals surface area contributed by atoms with E-state index in [0.717, 1.165) is 18.0 Å². The maximum atomic E-state index is 12.2. The lowest BCUT2D eigenvalue weighted by atomic mass is 10.2. The second-order valence-electron chi connectivity index (χ2n) is 4.98. The van der Waals surface area contributed by atoms with Crippen molar-refractivity contribution in [2.75, 3.05) is 12.1 Å². The summed E-state index contributed by atoms with van der Waals surface area (Å²) in [5.41, 5.74) is 0.904. The van der Waals surface area contributed by atoms with Crippen molar-refractivity contribution in [3.05, 3.63) is 42.2 Å². The van der Waals surface area contributed by atoms with Gasteiger partial charge in [-0.05, 0) is 23.8 Å². The van der Waals surface area contributed by atoms with Crippen LogP contribution in [-0.4, -0.2) is 28.7 Å². The minimum absolute atomic E-state index is 0.158. The van der Waals surface area contributed by atoms with E-state index >= 15 is 0 Å². The Balaban J connectivity index is 1.59. The number of anilines is 1. The third-order valence-corrected chi connectivity index (χ3v) is 3.07. The Hall–Kier alpha value is -2.97. The molecule has 3 rings (SSSR count). The van der Waals surface area contributed by atoms with Crippen molar-refractivity contribution < 1.29 is 27.4 Å². The number of carbonyl (C=O) groups is 1. The molecule has 0 aliphatic carbocycles. The van der Waals surface area contributed by atoms with Crippen LogP contribution >= 0.6 is 0 Å². The third-order valence-electron chi connectivity index (χ3n) is 3.07. The molecule has 1 amide bonds. The molecule has 126 valence electrons. The first-order valence-corrected chi connectivity index (χ1v) is 6.87. The van der Waals surface area contributed by atoms with E-state index in [9.17, 15) is 18.0 Å². The van der Waals surface area contributed by atoms with Gasteiger partial charge in [-0.25, -0.2) is 0 Å². The molecule has 1 N–H and O–H groups in total. The monoisotopic (exact) mass is 339 g/mol. The van der Waals surface area contributed by atoms with Crippen LogP contribution in [0.3, 0.4) is 0 Å². The maximum absolute atomic E-state index is 12.2. The van der Waals surface area contributed by atoms with Gasteiger partial charge in [-0.15, -0.1) is 0 Å². The molecule has 0 bridgehead atoms. The van der Waals surface area contributed by atoms with Crippen molar-refractivity contribution in [1.29, 1.82) is 0 Å². The van der Waals surface area contributed by atoms with Crippen LogP contribution in [0.25, 0.3) is 6.08 Å². The lowest BCUT2D eigenvalue weighted by Gasteiger charge is -2.05. The number of fused-ring (bicyclic) bond motifs is 1. The zero-order valence-electron chi connectivity index (χ0n) is 12.2. The molecule has 0 spiro atoms. The molecule has 2 heterocycles. The summed E-state index contributed by atoms with van der Waals surface area (Å²) in [7, 11) is 0. The van der Waals surface area contributed by atoms with Gasteiger partial charge in [0.15, 0.2) is 11.5 Å². The van der Waals surface area contributed by atoms with E-state index in [1.165, 1.54) is 6.08 Å². The fraction of sp³-hybridized carbons (Fsp3) is 0.200. The van der Waals surface area contributed by atoms with E-state index in [1.54, 1.807) is 24.3 Å². The summed E-state index contributed by atoms with van der Waals surface area (Å²) in [6, 6.07) is 5.19. The van der Waals surface area contributed by atoms with Crippen LogP contribution in [0.1, 0.15) is 5.56 Å². The van der Waals surface area contributed by atoms with E-state index in [0.29, 0.717) is 16.2 Å². The van der Waals surface area contributed by atoms with Gasteiger partial charge >= 0.3 is 6.18 Å². The fourth-order valence-corrected chi connectivity index (χ4v) is 2.07. The summed E-state index contributed by atoms with van der Waals surface area (Å²) >= 11 is 0. The molecule has 0 unspecified atom stereocenters. The minimum atomic E-state index is -4.37. The lowest BCUT2D eigenvalue weighted by molar-refractivity contribution is -0.142. The number of alkyl halides is 3. The quantitative estimate of drug-likeness (QED) is 0.870. The van der Waals surface area contributed by atoms with Gasteiger partial charge in [-0.2, -0.15) is 18.3 Å². The van der Waals surface area contributed by atoms with Crippen LogP contribution in [0.4, 0.5) is 18.9 Å². The van der Waals surface area contributed by atoms with E-state index < -0.39 is 18.6 Å². The number of hydrogen-bond donors (Lipinski definition) is 1. The second kappa shape index (κ2) is 6.26. The number of benzene rings is 1. The topological polar surface area (TPSA) is 65.4 Å². The zero-order valence-corrected chi connectivity index (χ0v) is 12.2. The van der Waals surface area contributed by atoms with Gasteiger partial charge in [0.25, 0.3) is 0 Å². The van der Waals surface area contributed by atoms with Crippen LogP contribution < -0.4 is 14.8 Å². The molecule has 0 saturated heterocycles. The van der Waals surface area contributed by atoms with E-state index in [1.807, 2.05) is 0 Å². The van der Waals surface area contributed by atoms with Gasteiger partial charge in [-0.3, -0.25) is 9.48 Å². The summed E-state index contributed by atoms with van der Waals surface area (Å²) in [5.74, 6) is 0.735. The summed E-state index contributed by atoms with van der Waals surface area (Å²) < 4.78 is 47.8. The van der Waals surface area contributed by atoms with E-state index in [4.69, 9.17) is 9.47 Å². The van der Waals surface area contributed by atoms with Gasteiger partial charge in [0.1, 0.15) is 6.54 Å². The zero-order chi connectivity index (χ0) is 17.2. The molecule has 0 atom stereocenters. The predicted molar refractivity (Wildman–Crippen MR) is 78.5 cm³/mol. The normalized spacial score (nSPS) is 13.5. The highest BCUT2D eigenvalue weighted by atomic mass is 19.4. The number of ether oxygens (including phenoxy) is 2. The van der Waals surface area contributed by atoms with Crippen molar-refractivity contribution in [1.82, 2.24) is 9.78 Å². The lowest BCUT2D eigenvalue weighted by Crippen LogP contribution is -2.17. The summed E-state index contributed by atoms with van der Waals surface area (Å²) in [6.45, 7) is -1.05. The molecule has 1 aromatic heterocycles. The summed E-state index contributed by atoms with van der Waals surface area (Å²) in [6.07, 6.45) is 0.709. The third kappa shape index (κ3) is 4.06. The number of hydrogen-bond acceptors (Lipinski definition) is 4. The van der Waals surface area contributed by atoms with Crippen molar-refractivity contribution in [3.63, 3.8) is 0 Å². The molecule has 0 fully saturated rings. The number of aromatic nitrogens is 2. The number of amides is 1. The number of carbonyl (C=O) groups excluding carboxylic acids is 1. The highest BCUT2D eigenvalue weighted by molar-refractivity contribution is 6.01. The molecule has 1 aliphatic heterocycles. The van der Waals surface area contributed by atoms with Gasteiger partial charge < -0.3 is 14.8 Å². The van der Waals surface area contributed by atoms with Crippen LogP contribution in [0.2, 0.25) is 0 Å². The smallest absolute Gasteiger partial charge is 0.408 e. The Morgan fingerprint density at radius 1 is 1.33 bits per heavy atom.